The summed E-state index contributed by atoms with van der Waals surface area (Å²) >= 11 is 3.91. The first-order valence-corrected chi connectivity index (χ1v) is 46.3. The zero-order chi connectivity index (χ0) is 91.2. The van der Waals surface area contributed by atoms with Crippen molar-refractivity contribution in [1.29, 1.82) is 0 Å². The number of piperazine rings is 4. The third-order valence-corrected chi connectivity index (χ3v) is 26.9. The number of halogens is 4. The van der Waals surface area contributed by atoms with Gasteiger partial charge >= 0.3 is 23.9 Å². The van der Waals surface area contributed by atoms with Crippen LogP contribution >= 0.6 is 34.4 Å². The van der Waals surface area contributed by atoms with Crippen LogP contribution < -0.4 is 0 Å². The predicted octanol–water partition coefficient (Wildman–Crippen LogP) is 10.3. The quantitative estimate of drug-likeness (QED) is 0.0235. The van der Waals surface area contributed by atoms with Crippen LogP contribution in [0.2, 0.25) is 0 Å². The lowest BCUT2D eigenvalue weighted by Crippen LogP contribution is -2.52. The van der Waals surface area contributed by atoms with Gasteiger partial charge in [0.1, 0.15) is 81.8 Å². The molecule has 0 spiro atoms. The van der Waals surface area contributed by atoms with Gasteiger partial charge in [0.25, 0.3) is 0 Å². The molecule has 4 amide bonds. The number of thioether (sulfide) groups is 1. The molecule has 0 radical (unpaired) electrons. The van der Waals surface area contributed by atoms with E-state index in [0.717, 1.165) is 187 Å². The second kappa shape index (κ2) is 42.7. The number of aryl methyl sites for hydroxylation is 1. The van der Waals surface area contributed by atoms with Crippen molar-refractivity contribution in [3.05, 3.63) is 293 Å². The number of hydrogen-bond acceptors (Lipinski definition) is 23. The first-order valence-electron chi connectivity index (χ1n) is 44.0. The number of nitrogens with zero attached hydrogens (tertiary/aromatic N) is 17. The number of amides is 4. The fraction of sp³-hybridized carbons (Fsp3) is 0.361. The summed E-state index contributed by atoms with van der Waals surface area (Å²) in [4.78, 5) is 127. The van der Waals surface area contributed by atoms with Gasteiger partial charge in [-0.1, -0.05) is 66.7 Å². The van der Waals surface area contributed by atoms with Crippen molar-refractivity contribution in [3.63, 3.8) is 0 Å². The number of benzene rings is 8. The molecule has 11 heterocycles. The van der Waals surface area contributed by atoms with E-state index < -0.39 is 17.6 Å². The van der Waals surface area contributed by atoms with E-state index >= 15 is 0 Å². The lowest BCUT2D eigenvalue weighted by atomic mass is 10.0. The van der Waals surface area contributed by atoms with Crippen LogP contribution in [0.15, 0.2) is 182 Å². The van der Waals surface area contributed by atoms with Gasteiger partial charge in [0, 0.05) is 167 Å². The average molecular weight is 1910 g/mol. The number of rotatable bonds is 24. The fourth-order valence-electron chi connectivity index (χ4n) is 17.4. The molecule has 680 valence electrons. The van der Waals surface area contributed by atoms with Crippen molar-refractivity contribution in [2.75, 3.05) is 131 Å². The highest BCUT2D eigenvalue weighted by atomic mass is 127. The Morgan fingerprint density at radius 1 is 0.412 bits per heavy atom. The first-order chi connectivity index (χ1) is 63.6. The first kappa shape index (κ1) is 91.9. The molecule has 11 aromatic rings. The smallest absolute Gasteiger partial charge is 0.338 e. The van der Waals surface area contributed by atoms with Crippen molar-refractivity contribution >= 4 is 81.9 Å². The van der Waals surface area contributed by atoms with Crippen molar-refractivity contribution < 1.29 is 70.5 Å². The summed E-state index contributed by atoms with van der Waals surface area (Å²) in [6.07, 6.45) is 15.8. The summed E-state index contributed by atoms with van der Waals surface area (Å²) in [5.74, 6) is -2.26. The number of carbonyl (C=O) groups is 8. The van der Waals surface area contributed by atoms with Crippen LogP contribution in [0.5, 0.6) is 0 Å². The Hall–Kier alpha value is -12.4. The zero-order valence-corrected chi connectivity index (χ0v) is 76.1. The molecule has 29 nitrogen and oxygen atoms in total. The Labute approximate surface area is 774 Å². The highest BCUT2D eigenvalue weighted by Crippen LogP contribution is 2.31. The Morgan fingerprint density at radius 2 is 0.832 bits per heavy atom. The van der Waals surface area contributed by atoms with Crippen molar-refractivity contribution in [1.82, 2.24) is 83.5 Å². The van der Waals surface area contributed by atoms with E-state index in [9.17, 15) is 51.5 Å². The second-order valence-electron chi connectivity index (χ2n) is 33.6. The molecule has 3 aromatic heterocycles. The molecule has 8 aliphatic rings. The number of carbonyl (C=O) groups excluding carboxylic acids is 8. The molecular formula is C97H101F3IN17O12S. The van der Waals surface area contributed by atoms with E-state index in [1.807, 2.05) is 118 Å². The van der Waals surface area contributed by atoms with Gasteiger partial charge in [0.05, 0.1) is 65.0 Å². The topological polar surface area (TPSA) is 292 Å². The molecule has 8 aliphatic heterocycles. The molecule has 0 N–H and O–H groups in total. The third kappa shape index (κ3) is 23.0. The molecule has 8 aromatic carbocycles. The number of esters is 4. The van der Waals surface area contributed by atoms with E-state index in [1.165, 1.54) is 37.0 Å². The largest absolute Gasteiger partial charge is 0.457 e. The Balaban J connectivity index is 0.000000128. The van der Waals surface area contributed by atoms with Gasteiger partial charge in [-0.3, -0.25) is 38.8 Å². The standard InChI is InChI=1S/C25H27N5O3S.C24H26F2N2O3.C24H24FN5O3.C24H24IN5O3/c1-34-23-14-21(30-17-26-16-27-30)4-3-19(23)13-24(31)29-10-8-28(9-11-29)7-6-18-2-5-22-20(12-18)15-33-25(22)32;1-15-9-22(26)18(12-21(15)25)13-23(29)28-7-5-27(6-8-28)16(2)10-17-3-4-20-19(11-17)14-31-24(20)30;25-23-18(3-6-20-21(23)14-33-24(20)32)7-8-28-9-11-29(12-10-28)22(31)13-17-1-4-19(5-2-17)30-16-26-15-27-30;25-21-12-18(2-4-22(21)30-16-26-15-27-30)13-23(31)29-9-7-28(8-10-29)6-5-17-1-3-20-19(11-17)14-33-24(20)32/h2-5,12,14,16-17H,6-11,13,15H2,1H3;3-4,9,11-12,16H,5-8,10,13-14H2,1-2H3;1-6,15-16H,7-14H2;1-4,11-12,15-16H,5-10,13-14H2. The molecule has 34 heteroatoms. The summed E-state index contributed by atoms with van der Waals surface area (Å²) in [6, 6.07) is 43.4. The summed E-state index contributed by atoms with van der Waals surface area (Å²) < 4.78 is 68.8. The van der Waals surface area contributed by atoms with Gasteiger partial charge < -0.3 is 38.5 Å². The Bertz CT molecular complexity index is 5980. The number of ether oxygens (including phenoxy) is 4. The van der Waals surface area contributed by atoms with Gasteiger partial charge in [-0.25, -0.2) is 61.3 Å². The van der Waals surface area contributed by atoms with E-state index in [4.69, 9.17) is 18.9 Å². The van der Waals surface area contributed by atoms with Crippen LogP contribution in [-0.4, -0.2) is 268 Å². The van der Waals surface area contributed by atoms with E-state index in [2.05, 4.69) is 97.6 Å². The molecule has 1 unspecified atom stereocenters. The number of fused-ring (bicyclic) bond motifs is 4. The maximum Gasteiger partial charge on any atom is 0.338 e. The summed E-state index contributed by atoms with van der Waals surface area (Å²) in [6.45, 7) is 19.2. The maximum absolute atomic E-state index is 14.7. The highest BCUT2D eigenvalue weighted by molar-refractivity contribution is 14.1. The molecule has 0 bridgehead atoms. The molecule has 4 saturated heterocycles. The zero-order valence-electron chi connectivity index (χ0n) is 73.2. The molecule has 131 heavy (non-hydrogen) atoms. The molecular weight excluding hydrogens is 1810 g/mol. The van der Waals surface area contributed by atoms with E-state index in [1.54, 1.807) is 61.8 Å². The van der Waals surface area contributed by atoms with Crippen LogP contribution in [0.1, 0.15) is 121 Å². The van der Waals surface area contributed by atoms with Crippen LogP contribution in [0.4, 0.5) is 13.2 Å². The minimum atomic E-state index is -0.541. The SMILES string of the molecule is CSc1cc(-n2cncn2)ccc1CC(=O)N1CCN(CCc2ccc3c(c2)COC3=O)CC1.Cc1cc(F)c(CC(=O)N2CCN(C(C)Cc3ccc4c(c3)COC4=O)CC2)cc1F.O=C1OCc2c1ccc(CCN1CCN(C(=O)Cc3ccc(-n4cncn4)cc3)CC1)c2F.O=C1OCc2cc(CCN3CCN(C(=O)Cc4ccc(-n5cncn5)c(I)c4)CC3)ccc21. The van der Waals surface area contributed by atoms with Crippen molar-refractivity contribution in [2.24, 2.45) is 0 Å². The second-order valence-corrected chi connectivity index (χ2v) is 35.6. The van der Waals surface area contributed by atoms with Gasteiger partial charge in [0.2, 0.25) is 23.6 Å². The van der Waals surface area contributed by atoms with Gasteiger partial charge in [0.15, 0.2) is 0 Å². The van der Waals surface area contributed by atoms with Crippen LogP contribution in [0.3, 0.4) is 0 Å². The molecule has 0 aliphatic carbocycles. The van der Waals surface area contributed by atoms with Crippen LogP contribution in [-0.2, 0) is 116 Å². The van der Waals surface area contributed by atoms with E-state index in [0.29, 0.717) is 112 Å². The normalized spacial score (nSPS) is 16.3. The van der Waals surface area contributed by atoms with Crippen LogP contribution in [0, 0.1) is 27.9 Å². The van der Waals surface area contributed by atoms with Gasteiger partial charge in [-0.15, -0.1) is 11.8 Å². The molecule has 4 fully saturated rings. The number of hydrogen-bond donors (Lipinski definition) is 0. The lowest BCUT2D eigenvalue weighted by Gasteiger charge is -2.38. The lowest BCUT2D eigenvalue weighted by molar-refractivity contribution is -0.133. The molecule has 1 atom stereocenters. The monoisotopic (exact) mass is 1910 g/mol. The predicted molar refractivity (Wildman–Crippen MR) is 488 cm³/mol. The minimum absolute atomic E-state index is 0.0117. The Morgan fingerprint density at radius 3 is 1.34 bits per heavy atom. The third-order valence-electron chi connectivity index (χ3n) is 25.2. The molecule has 19 rings (SSSR count). The van der Waals surface area contributed by atoms with Crippen molar-refractivity contribution in [3.8, 4) is 17.1 Å². The average Bonchev–Trinajstić information content (AvgIpc) is 1.66. The van der Waals surface area contributed by atoms with Gasteiger partial charge in [-0.05, 0) is 186 Å². The highest BCUT2D eigenvalue weighted by Gasteiger charge is 2.32. The van der Waals surface area contributed by atoms with E-state index in [-0.39, 0.29) is 77.6 Å². The van der Waals surface area contributed by atoms with Crippen molar-refractivity contribution in [2.45, 2.75) is 103 Å². The minimum Gasteiger partial charge on any atom is -0.457 e. The Kier molecular flexibility index (Phi) is 30.0. The molecule has 0 saturated carbocycles. The van der Waals surface area contributed by atoms with Crippen LogP contribution in [0.25, 0.3) is 17.1 Å². The maximum atomic E-state index is 14.7. The summed E-state index contributed by atoms with van der Waals surface area (Å²) in [5, 5.41) is 12.5. The fourth-order valence-corrected chi connectivity index (χ4v) is 18.9. The van der Waals surface area contributed by atoms with Gasteiger partial charge in [-0.2, -0.15) is 15.3 Å². The number of cyclic esters (lactones) is 4. The number of aromatic nitrogens is 9. The summed E-state index contributed by atoms with van der Waals surface area (Å²) in [5.41, 5.74) is 15.9. The summed E-state index contributed by atoms with van der Waals surface area (Å²) in [7, 11) is 0.